The number of hydrogen-bond acceptors (Lipinski definition) is 3. The van der Waals surface area contributed by atoms with Crippen molar-refractivity contribution in [1.29, 1.82) is 0 Å². The summed E-state index contributed by atoms with van der Waals surface area (Å²) in [6.45, 7) is 2.13. The van der Waals surface area contributed by atoms with Crippen molar-refractivity contribution in [1.82, 2.24) is 4.98 Å². The van der Waals surface area contributed by atoms with Crippen LogP contribution in [0.2, 0.25) is 0 Å². The molecule has 0 radical (unpaired) electrons. The Bertz CT molecular complexity index is 476. The van der Waals surface area contributed by atoms with Crippen molar-refractivity contribution in [3.8, 4) is 0 Å². The number of carbonyl (C=O) groups is 1. The van der Waals surface area contributed by atoms with Gasteiger partial charge in [-0.3, -0.25) is 9.78 Å². The first-order valence-corrected chi connectivity index (χ1v) is 6.12. The summed E-state index contributed by atoms with van der Waals surface area (Å²) in [5.74, 6) is 0.159. The van der Waals surface area contributed by atoms with Gasteiger partial charge < -0.3 is 0 Å². The zero-order chi connectivity index (χ0) is 11.4. The molecule has 3 heteroatoms. The first-order valence-electron chi connectivity index (χ1n) is 5.30. The lowest BCUT2D eigenvalue weighted by molar-refractivity contribution is 0.0993. The molecule has 0 spiro atoms. The van der Waals surface area contributed by atoms with Gasteiger partial charge in [0.1, 0.15) is 0 Å². The van der Waals surface area contributed by atoms with E-state index in [2.05, 4.69) is 18.0 Å². The van der Waals surface area contributed by atoms with Crippen LogP contribution in [0.4, 0.5) is 0 Å². The zero-order valence-electron chi connectivity index (χ0n) is 9.14. The molecule has 82 valence electrons. The Balaban J connectivity index is 2.08. The number of rotatable bonds is 4. The van der Waals surface area contributed by atoms with Crippen LogP contribution in [-0.4, -0.2) is 10.8 Å². The van der Waals surface area contributed by atoms with E-state index in [9.17, 15) is 4.79 Å². The van der Waals surface area contributed by atoms with Crippen molar-refractivity contribution in [2.24, 2.45) is 0 Å². The van der Waals surface area contributed by atoms with Gasteiger partial charge in [0.05, 0.1) is 0 Å². The number of Topliss-reactive ketones (excluding diaryl/α,β-unsaturated/α-hetero) is 1. The van der Waals surface area contributed by atoms with Gasteiger partial charge in [0, 0.05) is 34.1 Å². The molecule has 0 N–H and O–H groups in total. The second-order valence-corrected chi connectivity index (χ2v) is 4.81. The average Bonchev–Trinajstić information content (AvgIpc) is 2.78. The highest BCUT2D eigenvalue weighted by Gasteiger charge is 2.08. The fourth-order valence-electron chi connectivity index (χ4n) is 1.51. The summed E-state index contributed by atoms with van der Waals surface area (Å²) in [6.07, 6.45) is 4.83. The van der Waals surface area contributed by atoms with E-state index in [0.717, 1.165) is 16.9 Å². The van der Waals surface area contributed by atoms with Gasteiger partial charge >= 0.3 is 0 Å². The molecule has 2 nitrogen and oxygen atoms in total. The molecule has 2 heterocycles. The van der Waals surface area contributed by atoms with E-state index in [-0.39, 0.29) is 5.78 Å². The molecule has 0 saturated heterocycles. The number of aromatic nitrogens is 1. The maximum atomic E-state index is 11.9. The number of aryl methyl sites for hydroxylation is 1. The van der Waals surface area contributed by atoms with Gasteiger partial charge in [-0.05, 0) is 30.7 Å². The summed E-state index contributed by atoms with van der Waals surface area (Å²) < 4.78 is 0. The summed E-state index contributed by atoms with van der Waals surface area (Å²) in [7, 11) is 0. The molecule has 2 aromatic heterocycles. The number of pyridine rings is 1. The smallest absolute Gasteiger partial charge is 0.168 e. The minimum Gasteiger partial charge on any atom is -0.294 e. The van der Waals surface area contributed by atoms with Gasteiger partial charge in [0.15, 0.2) is 5.78 Å². The molecule has 0 amide bonds. The van der Waals surface area contributed by atoms with Crippen LogP contribution >= 0.6 is 11.3 Å². The quantitative estimate of drug-likeness (QED) is 0.757. The van der Waals surface area contributed by atoms with Crippen molar-refractivity contribution >= 4 is 17.1 Å². The van der Waals surface area contributed by atoms with E-state index < -0.39 is 0 Å². The van der Waals surface area contributed by atoms with E-state index in [1.54, 1.807) is 35.9 Å². The molecular formula is C13H13NOS. The van der Waals surface area contributed by atoms with Crippen LogP contribution in [-0.2, 0) is 12.8 Å². The van der Waals surface area contributed by atoms with Gasteiger partial charge in [-0.15, -0.1) is 11.3 Å². The number of ketones is 1. The van der Waals surface area contributed by atoms with Crippen LogP contribution in [0.3, 0.4) is 0 Å². The largest absolute Gasteiger partial charge is 0.294 e. The molecule has 0 aromatic carbocycles. The fraction of sp³-hybridized carbons (Fsp3) is 0.231. The van der Waals surface area contributed by atoms with Gasteiger partial charge in [-0.1, -0.05) is 6.92 Å². The maximum absolute atomic E-state index is 11.9. The van der Waals surface area contributed by atoms with E-state index in [1.165, 1.54) is 4.88 Å². The molecular weight excluding hydrogens is 218 g/mol. The Hall–Kier alpha value is -1.48. The van der Waals surface area contributed by atoms with Crippen LogP contribution in [0, 0.1) is 0 Å². The number of nitrogens with zero attached hydrogens (tertiary/aromatic N) is 1. The SMILES string of the molecule is CCc1ccc(CC(=O)c2ccncc2)s1. The Morgan fingerprint density at radius 1 is 1.19 bits per heavy atom. The Morgan fingerprint density at radius 3 is 2.50 bits per heavy atom. The van der Waals surface area contributed by atoms with Crippen molar-refractivity contribution in [2.75, 3.05) is 0 Å². The molecule has 0 aliphatic carbocycles. The van der Waals surface area contributed by atoms with Crippen LogP contribution in [0.15, 0.2) is 36.7 Å². The van der Waals surface area contributed by atoms with Gasteiger partial charge in [-0.25, -0.2) is 0 Å². The number of carbonyl (C=O) groups excluding carboxylic acids is 1. The number of hydrogen-bond donors (Lipinski definition) is 0. The molecule has 0 atom stereocenters. The Kier molecular flexibility index (Phi) is 3.47. The first-order chi connectivity index (χ1) is 7.79. The predicted molar refractivity (Wildman–Crippen MR) is 66.0 cm³/mol. The molecule has 0 bridgehead atoms. The zero-order valence-corrected chi connectivity index (χ0v) is 9.96. The lowest BCUT2D eigenvalue weighted by atomic mass is 10.1. The summed E-state index contributed by atoms with van der Waals surface area (Å²) in [6, 6.07) is 7.66. The molecule has 0 fully saturated rings. The van der Waals surface area contributed by atoms with E-state index in [1.807, 2.05) is 6.07 Å². The van der Waals surface area contributed by atoms with Crippen molar-refractivity contribution in [3.05, 3.63) is 52.0 Å². The molecule has 2 rings (SSSR count). The van der Waals surface area contributed by atoms with Crippen molar-refractivity contribution < 1.29 is 4.79 Å². The fourth-order valence-corrected chi connectivity index (χ4v) is 2.46. The molecule has 0 unspecified atom stereocenters. The van der Waals surface area contributed by atoms with Gasteiger partial charge in [0.2, 0.25) is 0 Å². The van der Waals surface area contributed by atoms with Gasteiger partial charge in [-0.2, -0.15) is 0 Å². The third kappa shape index (κ3) is 2.55. The molecule has 16 heavy (non-hydrogen) atoms. The van der Waals surface area contributed by atoms with Gasteiger partial charge in [0.25, 0.3) is 0 Å². The highest BCUT2D eigenvalue weighted by atomic mass is 32.1. The molecule has 0 saturated carbocycles. The summed E-state index contributed by atoms with van der Waals surface area (Å²) in [5.41, 5.74) is 0.737. The first kappa shape index (κ1) is 11.0. The summed E-state index contributed by atoms with van der Waals surface area (Å²) >= 11 is 1.72. The monoisotopic (exact) mass is 231 g/mol. The summed E-state index contributed by atoms with van der Waals surface area (Å²) in [5, 5.41) is 0. The molecule has 0 aliphatic rings. The highest BCUT2D eigenvalue weighted by molar-refractivity contribution is 7.12. The summed E-state index contributed by atoms with van der Waals surface area (Å²) in [4.78, 5) is 18.3. The lowest BCUT2D eigenvalue weighted by Crippen LogP contribution is -2.01. The molecule has 2 aromatic rings. The normalized spacial score (nSPS) is 10.3. The predicted octanol–water partition coefficient (Wildman–Crippen LogP) is 3.13. The second kappa shape index (κ2) is 5.03. The lowest BCUT2D eigenvalue weighted by Gasteiger charge is -1.97. The van der Waals surface area contributed by atoms with Crippen molar-refractivity contribution in [2.45, 2.75) is 19.8 Å². The maximum Gasteiger partial charge on any atom is 0.168 e. The Labute approximate surface area is 99.0 Å². The minimum absolute atomic E-state index is 0.159. The van der Waals surface area contributed by atoms with Crippen LogP contribution in [0.1, 0.15) is 27.0 Å². The molecule has 0 aliphatic heterocycles. The Morgan fingerprint density at radius 2 is 1.88 bits per heavy atom. The topological polar surface area (TPSA) is 30.0 Å². The standard InChI is InChI=1S/C13H13NOS/c1-2-11-3-4-12(16-11)9-13(15)10-5-7-14-8-6-10/h3-8H,2,9H2,1H3. The second-order valence-electron chi connectivity index (χ2n) is 3.56. The third-order valence-electron chi connectivity index (χ3n) is 2.40. The van der Waals surface area contributed by atoms with Crippen molar-refractivity contribution in [3.63, 3.8) is 0 Å². The van der Waals surface area contributed by atoms with Crippen LogP contribution in [0.25, 0.3) is 0 Å². The van der Waals surface area contributed by atoms with Crippen LogP contribution < -0.4 is 0 Å². The van der Waals surface area contributed by atoms with E-state index in [0.29, 0.717) is 6.42 Å². The van der Waals surface area contributed by atoms with E-state index in [4.69, 9.17) is 0 Å². The number of thiophene rings is 1. The third-order valence-corrected chi connectivity index (χ3v) is 3.63. The van der Waals surface area contributed by atoms with E-state index >= 15 is 0 Å². The minimum atomic E-state index is 0.159. The highest BCUT2D eigenvalue weighted by Crippen LogP contribution is 2.18. The average molecular weight is 231 g/mol. The van der Waals surface area contributed by atoms with Crippen LogP contribution in [0.5, 0.6) is 0 Å².